The molecule has 0 saturated carbocycles. The average Bonchev–Trinajstić information content (AvgIpc) is 2.64. The summed E-state index contributed by atoms with van der Waals surface area (Å²) in [6, 6.07) is 15.5. The maximum atomic E-state index is 12.6. The Balaban J connectivity index is 1.61. The number of nitro benzene ring substituents is 1. The van der Waals surface area contributed by atoms with Crippen molar-refractivity contribution in [2.24, 2.45) is 0 Å². The summed E-state index contributed by atoms with van der Waals surface area (Å²) in [4.78, 5) is 11.6. The molecule has 2 aromatic carbocycles. The van der Waals surface area contributed by atoms with Gasteiger partial charge in [-0.2, -0.15) is 0 Å². The highest BCUT2D eigenvalue weighted by Gasteiger charge is 2.30. The Morgan fingerprint density at radius 1 is 1.04 bits per heavy atom. The first kappa shape index (κ1) is 18.5. The van der Waals surface area contributed by atoms with E-state index < -0.39 is 20.6 Å². The third-order valence-corrected chi connectivity index (χ3v) is 6.23. The van der Waals surface area contributed by atoms with Crippen molar-refractivity contribution in [1.29, 1.82) is 0 Å². The van der Waals surface area contributed by atoms with Crippen molar-refractivity contribution in [2.45, 2.75) is 30.3 Å². The molecular weight excluding hydrogens is 354 g/mol. The molecule has 1 fully saturated rings. The van der Waals surface area contributed by atoms with E-state index in [1.807, 2.05) is 18.2 Å². The number of nitrogens with one attached hydrogen (secondary N) is 2. The van der Waals surface area contributed by atoms with Crippen LogP contribution in [0.25, 0.3) is 0 Å². The zero-order chi connectivity index (χ0) is 18.6. The fourth-order valence-electron chi connectivity index (χ4n) is 3.32. The number of rotatable bonds is 6. The monoisotopic (exact) mass is 376 g/mol. The predicted octanol–water partition coefficient (Wildman–Crippen LogP) is 1.12. The standard InChI is InChI=1S/C18H21N3O4S/c22-21(23)17-8-4-5-9-18(17)26(24,25)19-16-10-12-20(13-11-16)14-15-6-2-1-3-7-15/h1-9,16,19H,10-14H2/p+1. The number of likely N-dealkylation sites (tertiary alicyclic amines) is 1. The molecule has 0 atom stereocenters. The lowest BCUT2D eigenvalue weighted by molar-refractivity contribution is -0.918. The van der Waals surface area contributed by atoms with E-state index in [0.717, 1.165) is 19.6 Å². The van der Waals surface area contributed by atoms with Crippen LogP contribution in [0.3, 0.4) is 0 Å². The van der Waals surface area contributed by atoms with E-state index in [2.05, 4.69) is 16.9 Å². The van der Waals surface area contributed by atoms with Gasteiger partial charge in [-0.05, 0) is 6.07 Å². The van der Waals surface area contributed by atoms with Crippen LogP contribution in [0.15, 0.2) is 59.5 Å². The molecule has 0 spiro atoms. The quantitative estimate of drug-likeness (QED) is 0.584. The summed E-state index contributed by atoms with van der Waals surface area (Å²) in [7, 11) is -3.91. The van der Waals surface area contributed by atoms with E-state index in [1.54, 1.807) is 0 Å². The SMILES string of the molecule is O=[N+]([O-])c1ccccc1S(=O)(=O)NC1CC[NH+](Cc2ccccc2)CC1. The fourth-order valence-corrected chi connectivity index (χ4v) is 4.80. The highest BCUT2D eigenvalue weighted by Crippen LogP contribution is 2.23. The highest BCUT2D eigenvalue weighted by atomic mass is 32.2. The Morgan fingerprint density at radius 3 is 2.31 bits per heavy atom. The van der Waals surface area contributed by atoms with Crippen LogP contribution < -0.4 is 9.62 Å². The number of para-hydroxylation sites is 1. The van der Waals surface area contributed by atoms with Gasteiger partial charge >= 0.3 is 0 Å². The second kappa shape index (κ2) is 7.94. The largest absolute Gasteiger partial charge is 0.331 e. The minimum Gasteiger partial charge on any atom is -0.331 e. The van der Waals surface area contributed by atoms with Gasteiger partial charge in [0.1, 0.15) is 6.54 Å². The van der Waals surface area contributed by atoms with Crippen LogP contribution in [0.5, 0.6) is 0 Å². The van der Waals surface area contributed by atoms with E-state index >= 15 is 0 Å². The number of sulfonamides is 1. The number of quaternary nitrogens is 1. The van der Waals surface area contributed by atoms with E-state index in [1.165, 1.54) is 34.7 Å². The maximum absolute atomic E-state index is 12.6. The van der Waals surface area contributed by atoms with Gasteiger partial charge in [0.25, 0.3) is 5.69 Å². The molecule has 3 rings (SSSR count). The van der Waals surface area contributed by atoms with Crippen LogP contribution in [0.1, 0.15) is 18.4 Å². The van der Waals surface area contributed by atoms with Crippen molar-refractivity contribution in [3.8, 4) is 0 Å². The van der Waals surface area contributed by atoms with Gasteiger partial charge in [-0.1, -0.05) is 42.5 Å². The first-order valence-electron chi connectivity index (χ1n) is 8.59. The molecule has 8 heteroatoms. The lowest BCUT2D eigenvalue weighted by Gasteiger charge is -2.29. The van der Waals surface area contributed by atoms with Crippen molar-refractivity contribution in [2.75, 3.05) is 13.1 Å². The Labute approximate surface area is 152 Å². The van der Waals surface area contributed by atoms with Crippen molar-refractivity contribution < 1.29 is 18.2 Å². The van der Waals surface area contributed by atoms with Gasteiger partial charge in [0, 0.05) is 30.5 Å². The summed E-state index contributed by atoms with van der Waals surface area (Å²) in [5.41, 5.74) is 0.869. The highest BCUT2D eigenvalue weighted by molar-refractivity contribution is 7.89. The zero-order valence-corrected chi connectivity index (χ0v) is 15.1. The van der Waals surface area contributed by atoms with Crippen molar-refractivity contribution in [1.82, 2.24) is 4.72 Å². The Hall–Kier alpha value is -2.29. The van der Waals surface area contributed by atoms with Crippen LogP contribution in [-0.2, 0) is 16.6 Å². The normalized spacial score (nSPS) is 20.6. The minimum atomic E-state index is -3.91. The topological polar surface area (TPSA) is 93.8 Å². The van der Waals surface area contributed by atoms with E-state index in [0.29, 0.717) is 12.8 Å². The number of benzene rings is 2. The summed E-state index contributed by atoms with van der Waals surface area (Å²) >= 11 is 0. The van der Waals surface area contributed by atoms with Gasteiger partial charge in [0.15, 0.2) is 4.90 Å². The van der Waals surface area contributed by atoms with Gasteiger partial charge in [0.2, 0.25) is 10.0 Å². The molecule has 7 nitrogen and oxygen atoms in total. The molecule has 0 bridgehead atoms. The van der Waals surface area contributed by atoms with E-state index in [-0.39, 0.29) is 10.9 Å². The van der Waals surface area contributed by atoms with Gasteiger partial charge in [-0.3, -0.25) is 10.1 Å². The van der Waals surface area contributed by atoms with Crippen LogP contribution in [-0.4, -0.2) is 32.5 Å². The van der Waals surface area contributed by atoms with Crippen molar-refractivity contribution in [3.05, 3.63) is 70.3 Å². The zero-order valence-electron chi connectivity index (χ0n) is 14.3. The molecule has 1 aliphatic heterocycles. The lowest BCUT2D eigenvalue weighted by Crippen LogP contribution is -3.12. The van der Waals surface area contributed by atoms with E-state index in [4.69, 9.17) is 0 Å². The molecule has 1 heterocycles. The molecule has 0 radical (unpaired) electrons. The smallest absolute Gasteiger partial charge is 0.289 e. The number of nitro groups is 1. The summed E-state index contributed by atoms with van der Waals surface area (Å²) in [5.74, 6) is 0. The minimum absolute atomic E-state index is 0.195. The molecule has 26 heavy (non-hydrogen) atoms. The maximum Gasteiger partial charge on any atom is 0.289 e. The van der Waals surface area contributed by atoms with Gasteiger partial charge < -0.3 is 4.90 Å². The Kier molecular flexibility index (Phi) is 5.65. The third kappa shape index (κ3) is 4.46. The summed E-state index contributed by atoms with van der Waals surface area (Å²) < 4.78 is 27.8. The Bertz CT molecular complexity index is 863. The molecule has 2 N–H and O–H groups in total. The van der Waals surface area contributed by atoms with Crippen LogP contribution in [0.4, 0.5) is 5.69 Å². The molecule has 0 amide bonds. The number of hydrogen-bond donors (Lipinski definition) is 2. The number of piperidine rings is 1. The molecular formula is C18H22N3O4S+. The first-order chi connectivity index (χ1) is 12.5. The summed E-state index contributed by atoms with van der Waals surface area (Å²) in [6.07, 6.45) is 1.42. The molecule has 1 aliphatic rings. The predicted molar refractivity (Wildman–Crippen MR) is 97.3 cm³/mol. The second-order valence-electron chi connectivity index (χ2n) is 6.53. The number of nitrogens with zero attached hydrogens (tertiary/aromatic N) is 1. The molecule has 2 aromatic rings. The fraction of sp³-hybridized carbons (Fsp3) is 0.333. The van der Waals surface area contributed by atoms with Crippen molar-refractivity contribution in [3.63, 3.8) is 0 Å². The molecule has 138 valence electrons. The molecule has 0 unspecified atom stereocenters. The molecule has 0 aromatic heterocycles. The first-order valence-corrected chi connectivity index (χ1v) is 10.1. The van der Waals surface area contributed by atoms with Gasteiger partial charge in [-0.25, -0.2) is 13.1 Å². The van der Waals surface area contributed by atoms with Gasteiger partial charge in [-0.15, -0.1) is 0 Å². The second-order valence-corrected chi connectivity index (χ2v) is 8.22. The van der Waals surface area contributed by atoms with Crippen LogP contribution in [0.2, 0.25) is 0 Å². The van der Waals surface area contributed by atoms with Crippen molar-refractivity contribution >= 4 is 15.7 Å². The van der Waals surface area contributed by atoms with E-state index in [9.17, 15) is 18.5 Å². The Morgan fingerprint density at radius 2 is 1.65 bits per heavy atom. The molecule has 0 aliphatic carbocycles. The van der Waals surface area contributed by atoms with Gasteiger partial charge in [0.05, 0.1) is 18.0 Å². The third-order valence-electron chi connectivity index (χ3n) is 4.66. The lowest BCUT2D eigenvalue weighted by atomic mass is 10.1. The number of hydrogen-bond acceptors (Lipinski definition) is 4. The summed E-state index contributed by atoms with van der Waals surface area (Å²) in [6.45, 7) is 2.64. The summed E-state index contributed by atoms with van der Waals surface area (Å²) in [5, 5.41) is 11.1. The molecule has 1 saturated heterocycles. The average molecular weight is 376 g/mol. The van der Waals surface area contributed by atoms with Crippen LogP contribution >= 0.6 is 0 Å². The van der Waals surface area contributed by atoms with Crippen LogP contribution in [0, 0.1) is 10.1 Å².